The second-order valence-corrected chi connectivity index (χ2v) is 7.15. The van der Waals surface area contributed by atoms with Gasteiger partial charge < -0.3 is 10.1 Å². The highest BCUT2D eigenvalue weighted by Crippen LogP contribution is 2.12. The van der Waals surface area contributed by atoms with E-state index in [4.69, 9.17) is 16.3 Å². The van der Waals surface area contributed by atoms with Gasteiger partial charge in [-0.05, 0) is 65.7 Å². The third-order valence-corrected chi connectivity index (χ3v) is 4.48. The molecule has 0 saturated heterocycles. The van der Waals surface area contributed by atoms with Crippen LogP contribution in [0.5, 0.6) is 5.75 Å². The van der Waals surface area contributed by atoms with Crippen molar-refractivity contribution >= 4 is 41.7 Å². The molecular weight excluding hydrogens is 442 g/mol. The van der Waals surface area contributed by atoms with E-state index in [0.29, 0.717) is 21.9 Å². The summed E-state index contributed by atoms with van der Waals surface area (Å²) in [6.07, 6.45) is 4.45. The van der Waals surface area contributed by atoms with Crippen LogP contribution in [0.1, 0.15) is 21.5 Å². The number of esters is 1. The highest BCUT2D eigenvalue weighted by Gasteiger charge is 2.07. The summed E-state index contributed by atoms with van der Waals surface area (Å²) in [5.41, 5.74) is 4.30. The first-order valence-corrected chi connectivity index (χ1v) is 10.3. The van der Waals surface area contributed by atoms with E-state index < -0.39 is 17.8 Å². The molecule has 2 N–H and O–H groups in total. The van der Waals surface area contributed by atoms with Crippen molar-refractivity contribution in [1.29, 1.82) is 0 Å². The summed E-state index contributed by atoms with van der Waals surface area (Å²) in [5.74, 6) is -0.990. The van der Waals surface area contributed by atoms with Gasteiger partial charge in [-0.2, -0.15) is 5.10 Å². The highest BCUT2D eigenvalue weighted by molar-refractivity contribution is 6.30. The van der Waals surface area contributed by atoms with Crippen LogP contribution in [0.3, 0.4) is 0 Å². The third-order valence-electron chi connectivity index (χ3n) is 4.23. The quantitative estimate of drug-likeness (QED) is 0.175. The molecule has 0 heterocycles. The lowest BCUT2D eigenvalue weighted by molar-refractivity contribution is -0.129. The van der Waals surface area contributed by atoms with Crippen molar-refractivity contribution in [2.75, 3.05) is 6.54 Å². The van der Waals surface area contributed by atoms with Gasteiger partial charge >= 0.3 is 5.97 Å². The van der Waals surface area contributed by atoms with Gasteiger partial charge in [0.1, 0.15) is 5.75 Å². The van der Waals surface area contributed by atoms with Gasteiger partial charge in [-0.15, -0.1) is 0 Å². The topological polar surface area (TPSA) is 96.9 Å². The van der Waals surface area contributed by atoms with Crippen molar-refractivity contribution in [1.82, 2.24) is 10.7 Å². The van der Waals surface area contributed by atoms with Gasteiger partial charge in [-0.3, -0.25) is 9.59 Å². The molecule has 166 valence electrons. The molecule has 0 bridgehead atoms. The largest absolute Gasteiger partial charge is 0.423 e. The number of hydrogen-bond acceptors (Lipinski definition) is 5. The van der Waals surface area contributed by atoms with Crippen LogP contribution >= 0.6 is 11.6 Å². The number of hydrazone groups is 1. The van der Waals surface area contributed by atoms with E-state index in [1.54, 1.807) is 54.6 Å². The number of amides is 2. The lowest BCUT2D eigenvalue weighted by Crippen LogP contribution is -2.34. The Bertz CT molecular complexity index is 1160. The minimum Gasteiger partial charge on any atom is -0.423 e. The molecule has 3 aromatic carbocycles. The van der Waals surface area contributed by atoms with Crippen LogP contribution in [0.4, 0.5) is 0 Å². The summed E-state index contributed by atoms with van der Waals surface area (Å²) in [6.45, 7) is -0.232. The van der Waals surface area contributed by atoms with Crippen LogP contribution in [0.25, 0.3) is 6.08 Å². The van der Waals surface area contributed by atoms with Crippen LogP contribution < -0.4 is 15.5 Å². The summed E-state index contributed by atoms with van der Waals surface area (Å²) in [5, 5.41) is 6.85. The average molecular weight is 462 g/mol. The molecule has 0 unspecified atom stereocenters. The van der Waals surface area contributed by atoms with Crippen LogP contribution in [-0.4, -0.2) is 30.5 Å². The van der Waals surface area contributed by atoms with Crippen LogP contribution in [0.2, 0.25) is 5.02 Å². The number of nitrogens with zero attached hydrogens (tertiary/aromatic N) is 1. The van der Waals surface area contributed by atoms with Crippen molar-refractivity contribution in [3.05, 3.63) is 107 Å². The van der Waals surface area contributed by atoms with Crippen LogP contribution in [-0.2, 0) is 9.59 Å². The van der Waals surface area contributed by atoms with Crippen molar-refractivity contribution in [2.45, 2.75) is 0 Å². The molecule has 0 radical (unpaired) electrons. The maximum atomic E-state index is 12.0. The molecule has 33 heavy (non-hydrogen) atoms. The molecule has 3 rings (SSSR count). The Hall–Kier alpha value is -4.23. The number of carbonyl (C=O) groups is 3. The molecule has 3 aromatic rings. The Balaban J connectivity index is 1.41. The first kappa shape index (κ1) is 23.4. The van der Waals surface area contributed by atoms with Crippen molar-refractivity contribution in [3.8, 4) is 5.75 Å². The maximum Gasteiger partial charge on any atom is 0.336 e. The van der Waals surface area contributed by atoms with E-state index in [1.165, 1.54) is 12.3 Å². The van der Waals surface area contributed by atoms with Gasteiger partial charge in [0.2, 0.25) is 0 Å². The molecule has 0 aliphatic heterocycles. The van der Waals surface area contributed by atoms with Gasteiger partial charge in [-0.1, -0.05) is 41.9 Å². The molecule has 0 aliphatic rings. The molecule has 0 saturated carbocycles. The summed E-state index contributed by atoms with van der Waals surface area (Å²) in [4.78, 5) is 35.7. The molecule has 0 fully saturated rings. The Morgan fingerprint density at radius 1 is 0.879 bits per heavy atom. The SMILES string of the molecule is O=C(CNC(=O)c1ccc(Cl)cc1)NN=Cc1ccc(OC(=O)C=Cc2ccccc2)cc1. The molecular formula is C25H20ClN3O4. The summed E-state index contributed by atoms with van der Waals surface area (Å²) in [7, 11) is 0. The number of carbonyl (C=O) groups excluding carboxylic acids is 3. The third kappa shape index (κ3) is 8.08. The normalized spacial score (nSPS) is 10.8. The molecule has 7 nitrogen and oxygen atoms in total. The number of benzene rings is 3. The molecule has 2 amide bonds. The second kappa shape index (κ2) is 12.0. The van der Waals surface area contributed by atoms with Gasteiger partial charge in [0.05, 0.1) is 12.8 Å². The zero-order chi connectivity index (χ0) is 23.5. The fourth-order valence-corrected chi connectivity index (χ4v) is 2.71. The molecule has 0 spiro atoms. The van der Waals surface area contributed by atoms with E-state index in [-0.39, 0.29) is 6.54 Å². The summed E-state index contributed by atoms with van der Waals surface area (Å²) < 4.78 is 5.24. The number of halogens is 1. The standard InChI is InChI=1S/C25H20ClN3O4/c26-21-11-9-20(10-12-21)25(32)27-17-23(30)29-28-16-19-6-13-22(14-7-19)33-24(31)15-8-18-4-2-1-3-5-18/h1-16H,17H2,(H,27,32)(H,29,30). The number of nitrogens with one attached hydrogen (secondary N) is 2. The fraction of sp³-hybridized carbons (Fsp3) is 0.0400. The first-order chi connectivity index (χ1) is 16.0. The van der Waals surface area contributed by atoms with E-state index in [1.807, 2.05) is 30.3 Å². The Labute approximate surface area is 195 Å². The smallest absolute Gasteiger partial charge is 0.336 e. The zero-order valence-electron chi connectivity index (χ0n) is 17.4. The van der Waals surface area contributed by atoms with Crippen molar-refractivity contribution in [2.24, 2.45) is 5.10 Å². The van der Waals surface area contributed by atoms with Gasteiger partial charge in [-0.25, -0.2) is 10.2 Å². The molecule has 0 aromatic heterocycles. The molecule has 0 aliphatic carbocycles. The monoisotopic (exact) mass is 461 g/mol. The maximum absolute atomic E-state index is 12.0. The average Bonchev–Trinajstić information content (AvgIpc) is 2.83. The number of rotatable bonds is 8. The van der Waals surface area contributed by atoms with Crippen LogP contribution in [0.15, 0.2) is 90.0 Å². The van der Waals surface area contributed by atoms with Crippen LogP contribution in [0, 0.1) is 0 Å². The van der Waals surface area contributed by atoms with E-state index >= 15 is 0 Å². The second-order valence-electron chi connectivity index (χ2n) is 6.72. The minimum atomic E-state index is -0.492. The van der Waals surface area contributed by atoms with E-state index in [9.17, 15) is 14.4 Å². The minimum absolute atomic E-state index is 0.232. The van der Waals surface area contributed by atoms with Gasteiger partial charge in [0.15, 0.2) is 0 Å². The van der Waals surface area contributed by atoms with Gasteiger partial charge in [0.25, 0.3) is 11.8 Å². The van der Waals surface area contributed by atoms with E-state index in [0.717, 1.165) is 5.56 Å². The zero-order valence-corrected chi connectivity index (χ0v) is 18.2. The predicted octanol–water partition coefficient (Wildman–Crippen LogP) is 3.84. The summed E-state index contributed by atoms with van der Waals surface area (Å²) >= 11 is 5.78. The lowest BCUT2D eigenvalue weighted by atomic mass is 10.2. The Morgan fingerprint density at radius 3 is 2.27 bits per heavy atom. The highest BCUT2D eigenvalue weighted by atomic mass is 35.5. The Kier molecular flexibility index (Phi) is 8.50. The van der Waals surface area contributed by atoms with Crippen molar-refractivity contribution < 1.29 is 19.1 Å². The number of hydrogen-bond donors (Lipinski definition) is 2. The predicted molar refractivity (Wildman–Crippen MR) is 127 cm³/mol. The Morgan fingerprint density at radius 2 is 1.58 bits per heavy atom. The molecule has 0 atom stereocenters. The van der Waals surface area contributed by atoms with Crippen molar-refractivity contribution in [3.63, 3.8) is 0 Å². The fourth-order valence-electron chi connectivity index (χ4n) is 2.58. The molecule has 8 heteroatoms. The van der Waals surface area contributed by atoms with E-state index in [2.05, 4.69) is 15.8 Å². The first-order valence-electron chi connectivity index (χ1n) is 9.90. The summed E-state index contributed by atoms with van der Waals surface area (Å²) in [6, 6.07) is 22.3. The number of ether oxygens (including phenoxy) is 1. The lowest BCUT2D eigenvalue weighted by Gasteiger charge is -2.04. The van der Waals surface area contributed by atoms with Gasteiger partial charge in [0, 0.05) is 16.7 Å².